The predicted molar refractivity (Wildman–Crippen MR) is 120 cm³/mol. The molecule has 1 N–H and O–H groups in total. The fraction of sp³-hybridized carbons (Fsp3) is 0.440. The van der Waals surface area contributed by atoms with Gasteiger partial charge in [-0.3, -0.25) is 9.59 Å². The van der Waals surface area contributed by atoms with E-state index in [2.05, 4.69) is 5.32 Å². The summed E-state index contributed by atoms with van der Waals surface area (Å²) in [6.07, 6.45) is 2.07. The summed E-state index contributed by atoms with van der Waals surface area (Å²) in [5.74, 6) is 0.780. The molecule has 0 fully saturated rings. The molecule has 0 aromatic heterocycles. The van der Waals surface area contributed by atoms with Gasteiger partial charge in [0.25, 0.3) is 0 Å². The molecule has 32 heavy (non-hydrogen) atoms. The Morgan fingerprint density at radius 3 is 2.41 bits per heavy atom. The minimum atomic E-state index is -0.584. The summed E-state index contributed by atoms with van der Waals surface area (Å²) in [7, 11) is 0. The first kappa shape index (κ1) is 23.6. The number of hydrogen-bond donors (Lipinski definition) is 1. The van der Waals surface area contributed by atoms with Gasteiger partial charge in [0.15, 0.2) is 11.5 Å². The van der Waals surface area contributed by atoms with E-state index in [0.717, 1.165) is 17.5 Å². The van der Waals surface area contributed by atoms with Gasteiger partial charge in [0.05, 0.1) is 0 Å². The zero-order valence-corrected chi connectivity index (χ0v) is 18.7. The first-order valence-electron chi connectivity index (χ1n) is 11.2. The first-order valence-corrected chi connectivity index (χ1v) is 11.2. The molecule has 1 atom stereocenters. The molecular formula is C25H31FN2O4. The van der Waals surface area contributed by atoms with Crippen molar-refractivity contribution in [2.45, 2.75) is 52.1 Å². The first-order chi connectivity index (χ1) is 15.5. The lowest BCUT2D eigenvalue weighted by atomic mass is 10.1. The van der Waals surface area contributed by atoms with E-state index in [4.69, 9.17) is 9.47 Å². The number of amides is 2. The van der Waals surface area contributed by atoms with E-state index in [9.17, 15) is 14.0 Å². The van der Waals surface area contributed by atoms with Gasteiger partial charge in [0.2, 0.25) is 11.8 Å². The van der Waals surface area contributed by atoms with Crippen LogP contribution in [0.2, 0.25) is 0 Å². The summed E-state index contributed by atoms with van der Waals surface area (Å²) >= 11 is 0. The maximum Gasteiger partial charge on any atom is 0.242 e. The summed E-state index contributed by atoms with van der Waals surface area (Å²) in [5.41, 5.74) is 1.74. The number of fused-ring (bicyclic) bond motifs is 1. The summed E-state index contributed by atoms with van der Waals surface area (Å²) in [4.78, 5) is 27.6. The maximum atomic E-state index is 13.3. The van der Waals surface area contributed by atoms with Crippen LogP contribution in [0.5, 0.6) is 11.5 Å². The van der Waals surface area contributed by atoms with Gasteiger partial charge in [-0.05, 0) is 54.7 Å². The van der Waals surface area contributed by atoms with Crippen molar-refractivity contribution >= 4 is 11.8 Å². The molecule has 0 saturated heterocycles. The molecule has 0 aliphatic carbocycles. The van der Waals surface area contributed by atoms with Gasteiger partial charge in [0, 0.05) is 19.5 Å². The van der Waals surface area contributed by atoms with Crippen LogP contribution in [0, 0.1) is 5.82 Å². The molecule has 0 radical (unpaired) electrons. The van der Waals surface area contributed by atoms with Gasteiger partial charge in [-0.15, -0.1) is 0 Å². The largest absolute Gasteiger partial charge is 0.486 e. The Hall–Kier alpha value is -3.09. The second-order valence-electron chi connectivity index (χ2n) is 7.84. The molecule has 1 aliphatic heterocycles. The van der Waals surface area contributed by atoms with Crippen molar-refractivity contribution in [3.05, 3.63) is 59.4 Å². The molecule has 2 aromatic rings. The normalized spacial score (nSPS) is 13.3. The van der Waals surface area contributed by atoms with Crippen LogP contribution in [0.15, 0.2) is 42.5 Å². The van der Waals surface area contributed by atoms with Crippen LogP contribution in [-0.2, 0) is 22.6 Å². The van der Waals surface area contributed by atoms with Crippen LogP contribution < -0.4 is 14.8 Å². The highest BCUT2D eigenvalue weighted by Crippen LogP contribution is 2.31. The summed E-state index contributed by atoms with van der Waals surface area (Å²) in [6.45, 7) is 5.72. The number of carbonyl (C=O) groups excluding carboxylic acids is 2. The zero-order chi connectivity index (χ0) is 22.9. The van der Waals surface area contributed by atoms with Crippen molar-refractivity contribution in [2.24, 2.45) is 0 Å². The number of rotatable bonds is 10. The number of ether oxygens (including phenoxy) is 2. The Morgan fingerprint density at radius 1 is 1.03 bits per heavy atom. The molecule has 2 aromatic carbocycles. The van der Waals surface area contributed by atoms with Gasteiger partial charge >= 0.3 is 0 Å². The van der Waals surface area contributed by atoms with Crippen LogP contribution >= 0.6 is 0 Å². The van der Waals surface area contributed by atoms with Gasteiger partial charge in [0.1, 0.15) is 25.1 Å². The average Bonchev–Trinajstić information content (AvgIpc) is 2.82. The van der Waals surface area contributed by atoms with Crippen molar-refractivity contribution in [1.82, 2.24) is 10.2 Å². The summed E-state index contributed by atoms with van der Waals surface area (Å²) in [5, 5.41) is 2.90. The number of halogens is 1. The standard InChI is InChI=1S/C25H31FN2O4/c1-3-13-27-25(30)21(4-2)28(17-19-5-9-20(26)10-6-19)24(29)12-8-18-7-11-22-23(16-18)32-15-14-31-22/h5-7,9-11,16,21H,3-4,8,12-15,17H2,1-2H3,(H,27,30). The lowest BCUT2D eigenvalue weighted by Crippen LogP contribution is -2.49. The lowest BCUT2D eigenvalue weighted by Gasteiger charge is -2.31. The van der Waals surface area contributed by atoms with Crippen LogP contribution in [0.25, 0.3) is 0 Å². The summed E-state index contributed by atoms with van der Waals surface area (Å²) < 4.78 is 24.5. The van der Waals surface area contributed by atoms with Crippen LogP contribution in [-0.4, -0.2) is 42.5 Å². The monoisotopic (exact) mass is 442 g/mol. The number of nitrogens with one attached hydrogen (secondary N) is 1. The molecule has 7 heteroatoms. The third kappa shape index (κ3) is 6.22. The number of nitrogens with zero attached hydrogens (tertiary/aromatic N) is 1. The van der Waals surface area contributed by atoms with Crippen molar-refractivity contribution in [1.29, 1.82) is 0 Å². The van der Waals surface area contributed by atoms with E-state index < -0.39 is 6.04 Å². The Balaban J connectivity index is 1.73. The maximum absolute atomic E-state index is 13.3. The Morgan fingerprint density at radius 2 is 1.72 bits per heavy atom. The molecule has 6 nitrogen and oxygen atoms in total. The van der Waals surface area contributed by atoms with Crippen molar-refractivity contribution in [3.63, 3.8) is 0 Å². The average molecular weight is 443 g/mol. The highest BCUT2D eigenvalue weighted by atomic mass is 19.1. The Bertz CT molecular complexity index is 917. The van der Waals surface area contributed by atoms with Crippen molar-refractivity contribution in [3.8, 4) is 11.5 Å². The zero-order valence-electron chi connectivity index (χ0n) is 18.7. The van der Waals surface area contributed by atoms with E-state index in [1.54, 1.807) is 17.0 Å². The van der Waals surface area contributed by atoms with Gasteiger partial charge in [-0.25, -0.2) is 4.39 Å². The quantitative estimate of drug-likeness (QED) is 0.607. The molecule has 1 unspecified atom stereocenters. The van der Waals surface area contributed by atoms with E-state index in [-0.39, 0.29) is 30.6 Å². The van der Waals surface area contributed by atoms with Gasteiger partial charge in [-0.1, -0.05) is 32.0 Å². The molecule has 172 valence electrons. The van der Waals surface area contributed by atoms with Crippen LogP contribution in [0.3, 0.4) is 0 Å². The van der Waals surface area contributed by atoms with Gasteiger partial charge < -0.3 is 19.7 Å². The topological polar surface area (TPSA) is 67.9 Å². The molecule has 0 spiro atoms. The lowest BCUT2D eigenvalue weighted by molar-refractivity contribution is -0.141. The van der Waals surface area contributed by atoms with E-state index in [1.807, 2.05) is 32.0 Å². The van der Waals surface area contributed by atoms with Crippen LogP contribution in [0.1, 0.15) is 44.2 Å². The SMILES string of the molecule is CCCNC(=O)C(CC)N(Cc1ccc(F)cc1)C(=O)CCc1ccc2c(c1)OCCO2. The molecule has 3 rings (SSSR count). The number of benzene rings is 2. The molecule has 1 heterocycles. The molecule has 1 aliphatic rings. The summed E-state index contributed by atoms with van der Waals surface area (Å²) in [6, 6.07) is 11.1. The minimum absolute atomic E-state index is 0.122. The third-order valence-electron chi connectivity index (χ3n) is 5.44. The predicted octanol–water partition coefficient (Wildman–Crippen LogP) is 3.86. The highest BCUT2D eigenvalue weighted by molar-refractivity contribution is 5.87. The minimum Gasteiger partial charge on any atom is -0.486 e. The smallest absolute Gasteiger partial charge is 0.242 e. The van der Waals surface area contributed by atoms with Crippen LogP contribution in [0.4, 0.5) is 4.39 Å². The van der Waals surface area contributed by atoms with Gasteiger partial charge in [-0.2, -0.15) is 0 Å². The number of hydrogen-bond acceptors (Lipinski definition) is 4. The second-order valence-corrected chi connectivity index (χ2v) is 7.84. The Kier molecular flexibility index (Phi) is 8.48. The van der Waals surface area contributed by atoms with Crippen molar-refractivity contribution in [2.75, 3.05) is 19.8 Å². The van der Waals surface area contributed by atoms with Crippen molar-refractivity contribution < 1.29 is 23.5 Å². The molecular weight excluding hydrogens is 411 g/mol. The molecule has 2 amide bonds. The molecule has 0 bridgehead atoms. The fourth-order valence-corrected chi connectivity index (χ4v) is 3.71. The third-order valence-corrected chi connectivity index (χ3v) is 5.44. The van der Waals surface area contributed by atoms with E-state index >= 15 is 0 Å². The Labute approximate surface area is 188 Å². The van der Waals surface area contributed by atoms with E-state index in [1.165, 1.54) is 12.1 Å². The fourth-order valence-electron chi connectivity index (χ4n) is 3.71. The second kappa shape index (κ2) is 11.5. The van der Waals surface area contributed by atoms with E-state index in [0.29, 0.717) is 44.1 Å². The molecule has 0 saturated carbocycles. The number of aryl methyl sites for hydroxylation is 1. The highest BCUT2D eigenvalue weighted by Gasteiger charge is 2.28. The number of carbonyl (C=O) groups is 2.